The van der Waals surface area contributed by atoms with Crippen LogP contribution in [-0.2, 0) is 20.7 Å². The number of rotatable bonds is 3. The molecule has 1 atom stereocenters. The zero-order valence-corrected chi connectivity index (χ0v) is 13.1. The van der Waals surface area contributed by atoms with Crippen molar-refractivity contribution in [1.29, 1.82) is 0 Å². The van der Waals surface area contributed by atoms with Crippen molar-refractivity contribution in [3.63, 3.8) is 0 Å². The minimum absolute atomic E-state index is 0.0703. The van der Waals surface area contributed by atoms with Gasteiger partial charge in [0, 0.05) is 17.6 Å². The lowest BCUT2D eigenvalue weighted by molar-refractivity contribution is -0.148. The van der Waals surface area contributed by atoms with Gasteiger partial charge in [0.1, 0.15) is 0 Å². The lowest BCUT2D eigenvalue weighted by Crippen LogP contribution is -2.43. The summed E-state index contributed by atoms with van der Waals surface area (Å²) in [5, 5.41) is 0. The number of amides is 1. The number of nitrogens with zero attached hydrogens (tertiary/aromatic N) is 1. The number of piperidine rings is 1. The van der Waals surface area contributed by atoms with Crippen molar-refractivity contribution in [3.8, 4) is 0 Å². The van der Waals surface area contributed by atoms with E-state index in [0.717, 1.165) is 29.4 Å². The number of benzene rings is 1. The summed E-state index contributed by atoms with van der Waals surface area (Å²) >= 11 is 3.37. The summed E-state index contributed by atoms with van der Waals surface area (Å²) in [5.41, 5.74) is 0.985. The van der Waals surface area contributed by atoms with Gasteiger partial charge in [0.05, 0.1) is 19.4 Å². The zero-order valence-electron chi connectivity index (χ0n) is 11.5. The van der Waals surface area contributed by atoms with Gasteiger partial charge in [0.2, 0.25) is 5.91 Å². The maximum Gasteiger partial charge on any atom is 0.310 e. The number of halogens is 1. The smallest absolute Gasteiger partial charge is 0.310 e. The Morgan fingerprint density at radius 2 is 2.05 bits per heavy atom. The van der Waals surface area contributed by atoms with E-state index in [2.05, 4.69) is 15.9 Å². The van der Waals surface area contributed by atoms with Crippen LogP contribution in [0, 0.1) is 5.92 Å². The van der Waals surface area contributed by atoms with E-state index in [1.54, 1.807) is 4.90 Å². The molecule has 0 spiro atoms. The van der Waals surface area contributed by atoms with Gasteiger partial charge in [0.15, 0.2) is 0 Å². The maximum absolute atomic E-state index is 12.3. The Bertz CT molecular complexity index is 486. The van der Waals surface area contributed by atoms with Crippen LogP contribution in [0.3, 0.4) is 0 Å². The summed E-state index contributed by atoms with van der Waals surface area (Å²) in [6.45, 7) is 1.20. The van der Waals surface area contributed by atoms with Gasteiger partial charge in [-0.25, -0.2) is 0 Å². The summed E-state index contributed by atoms with van der Waals surface area (Å²) in [6.07, 6.45) is 2.03. The second kappa shape index (κ2) is 6.88. The highest BCUT2D eigenvalue weighted by molar-refractivity contribution is 9.10. The second-order valence-corrected chi connectivity index (χ2v) is 5.92. The molecule has 0 saturated carbocycles. The molecule has 1 aromatic rings. The molecule has 0 bridgehead atoms. The molecule has 0 aliphatic carbocycles. The molecule has 4 nitrogen and oxygen atoms in total. The lowest BCUT2D eigenvalue weighted by Gasteiger charge is -2.31. The zero-order chi connectivity index (χ0) is 14.5. The van der Waals surface area contributed by atoms with Gasteiger partial charge in [-0.2, -0.15) is 0 Å². The third kappa shape index (κ3) is 3.82. The van der Waals surface area contributed by atoms with E-state index >= 15 is 0 Å². The molecule has 2 rings (SSSR count). The van der Waals surface area contributed by atoms with Crippen molar-refractivity contribution in [1.82, 2.24) is 4.90 Å². The molecule has 20 heavy (non-hydrogen) atoms. The summed E-state index contributed by atoms with van der Waals surface area (Å²) in [6, 6.07) is 7.72. The molecule has 0 unspecified atom stereocenters. The average molecular weight is 340 g/mol. The fourth-order valence-electron chi connectivity index (χ4n) is 2.45. The van der Waals surface area contributed by atoms with Crippen molar-refractivity contribution >= 4 is 27.8 Å². The molecular formula is C15H18BrNO3. The first-order chi connectivity index (χ1) is 9.60. The van der Waals surface area contributed by atoms with Crippen LogP contribution in [0.1, 0.15) is 18.4 Å². The van der Waals surface area contributed by atoms with Crippen LogP contribution in [-0.4, -0.2) is 37.0 Å². The Hall–Kier alpha value is -1.36. The van der Waals surface area contributed by atoms with Crippen LogP contribution < -0.4 is 0 Å². The fraction of sp³-hybridized carbons (Fsp3) is 0.467. The number of esters is 1. The molecule has 1 aliphatic rings. The van der Waals surface area contributed by atoms with E-state index in [-0.39, 0.29) is 17.8 Å². The number of likely N-dealkylation sites (tertiary alicyclic amines) is 1. The van der Waals surface area contributed by atoms with Gasteiger partial charge in [-0.15, -0.1) is 0 Å². The summed E-state index contributed by atoms with van der Waals surface area (Å²) in [7, 11) is 1.39. The van der Waals surface area contributed by atoms with Crippen LogP contribution in [0.5, 0.6) is 0 Å². The predicted octanol–water partition coefficient (Wildman–Crippen LogP) is 2.40. The standard InChI is InChI=1S/C15H18BrNO3/c1-20-15(19)12-3-2-8-17(10-12)14(18)9-11-4-6-13(16)7-5-11/h4-7,12H,2-3,8-10H2,1H3/t12-/m0/s1. The highest BCUT2D eigenvalue weighted by Gasteiger charge is 2.28. The Kier molecular flexibility index (Phi) is 5.17. The van der Waals surface area contributed by atoms with Crippen LogP contribution in [0.4, 0.5) is 0 Å². The number of methoxy groups -OCH3 is 1. The van der Waals surface area contributed by atoms with Gasteiger partial charge in [-0.05, 0) is 30.5 Å². The van der Waals surface area contributed by atoms with Crippen LogP contribution in [0.2, 0.25) is 0 Å². The Morgan fingerprint density at radius 3 is 2.70 bits per heavy atom. The monoisotopic (exact) mass is 339 g/mol. The average Bonchev–Trinajstić information content (AvgIpc) is 2.49. The normalized spacial score (nSPS) is 18.7. The molecule has 0 radical (unpaired) electrons. The largest absolute Gasteiger partial charge is 0.469 e. The maximum atomic E-state index is 12.3. The van der Waals surface area contributed by atoms with Crippen LogP contribution in [0.25, 0.3) is 0 Å². The van der Waals surface area contributed by atoms with Crippen molar-refractivity contribution in [2.75, 3.05) is 20.2 Å². The van der Waals surface area contributed by atoms with Crippen molar-refractivity contribution < 1.29 is 14.3 Å². The van der Waals surface area contributed by atoms with E-state index in [1.807, 2.05) is 24.3 Å². The Morgan fingerprint density at radius 1 is 1.35 bits per heavy atom. The SMILES string of the molecule is COC(=O)[C@H]1CCCN(C(=O)Cc2ccc(Br)cc2)C1. The predicted molar refractivity (Wildman–Crippen MR) is 79.2 cm³/mol. The van der Waals surface area contributed by atoms with Crippen molar-refractivity contribution in [3.05, 3.63) is 34.3 Å². The highest BCUT2D eigenvalue weighted by atomic mass is 79.9. The minimum Gasteiger partial charge on any atom is -0.469 e. The van der Waals surface area contributed by atoms with Crippen molar-refractivity contribution in [2.24, 2.45) is 5.92 Å². The Labute approximate surface area is 127 Å². The molecule has 0 N–H and O–H groups in total. The van der Waals surface area contributed by atoms with E-state index in [0.29, 0.717) is 13.0 Å². The fourth-order valence-corrected chi connectivity index (χ4v) is 2.72. The quantitative estimate of drug-likeness (QED) is 0.794. The topological polar surface area (TPSA) is 46.6 Å². The number of ether oxygens (including phenoxy) is 1. The first-order valence-corrected chi connectivity index (χ1v) is 7.49. The van der Waals surface area contributed by atoms with E-state index in [4.69, 9.17) is 4.74 Å². The first-order valence-electron chi connectivity index (χ1n) is 6.70. The summed E-state index contributed by atoms with van der Waals surface area (Å²) < 4.78 is 5.76. The van der Waals surface area contributed by atoms with Gasteiger partial charge >= 0.3 is 5.97 Å². The molecule has 5 heteroatoms. The second-order valence-electron chi connectivity index (χ2n) is 5.01. The van der Waals surface area contributed by atoms with Crippen LogP contribution >= 0.6 is 15.9 Å². The van der Waals surface area contributed by atoms with Crippen LogP contribution in [0.15, 0.2) is 28.7 Å². The molecule has 1 saturated heterocycles. The molecule has 1 fully saturated rings. The van der Waals surface area contributed by atoms with E-state index in [1.165, 1.54) is 7.11 Å². The van der Waals surface area contributed by atoms with E-state index < -0.39 is 0 Å². The highest BCUT2D eigenvalue weighted by Crippen LogP contribution is 2.19. The van der Waals surface area contributed by atoms with Gasteiger partial charge in [0.25, 0.3) is 0 Å². The number of carbonyl (C=O) groups is 2. The molecule has 1 amide bonds. The molecule has 1 aromatic carbocycles. The molecule has 1 heterocycles. The summed E-state index contributed by atoms with van der Waals surface area (Å²) in [4.78, 5) is 25.6. The summed E-state index contributed by atoms with van der Waals surface area (Å²) in [5.74, 6) is -0.324. The number of hydrogen-bond acceptors (Lipinski definition) is 3. The lowest BCUT2D eigenvalue weighted by atomic mass is 9.97. The number of carbonyl (C=O) groups excluding carboxylic acids is 2. The van der Waals surface area contributed by atoms with Gasteiger partial charge in [-0.3, -0.25) is 9.59 Å². The number of hydrogen-bond donors (Lipinski definition) is 0. The molecular weight excluding hydrogens is 322 g/mol. The Balaban J connectivity index is 1.95. The third-order valence-corrected chi connectivity index (χ3v) is 4.11. The van der Waals surface area contributed by atoms with Gasteiger partial charge in [-0.1, -0.05) is 28.1 Å². The van der Waals surface area contributed by atoms with Gasteiger partial charge < -0.3 is 9.64 Å². The first kappa shape index (κ1) is 15.0. The molecule has 0 aromatic heterocycles. The minimum atomic E-state index is -0.217. The van der Waals surface area contributed by atoms with E-state index in [9.17, 15) is 9.59 Å². The molecule has 1 aliphatic heterocycles. The van der Waals surface area contributed by atoms with Crippen molar-refractivity contribution in [2.45, 2.75) is 19.3 Å². The molecule has 108 valence electrons. The third-order valence-electron chi connectivity index (χ3n) is 3.58.